The topological polar surface area (TPSA) is 73.1 Å². The van der Waals surface area contributed by atoms with E-state index in [2.05, 4.69) is 11.9 Å². The molecule has 0 aliphatic heterocycles. The van der Waals surface area contributed by atoms with Crippen molar-refractivity contribution in [3.63, 3.8) is 0 Å². The molecule has 0 radical (unpaired) electrons. The molecule has 0 aliphatic rings. The second-order valence-corrected chi connectivity index (χ2v) is 7.73. The molecule has 6 heteroatoms. The summed E-state index contributed by atoms with van der Waals surface area (Å²) < 4.78 is 38.4. The van der Waals surface area contributed by atoms with Gasteiger partial charge in [-0.15, -0.1) is 0 Å². The van der Waals surface area contributed by atoms with Gasteiger partial charge in [0.2, 0.25) is 10.0 Å². The van der Waals surface area contributed by atoms with Crippen molar-refractivity contribution < 1.29 is 12.8 Å². The maximum atomic E-state index is 14.5. The van der Waals surface area contributed by atoms with Crippen LogP contribution in [-0.4, -0.2) is 13.4 Å². The van der Waals surface area contributed by atoms with Crippen LogP contribution in [0.4, 0.5) is 4.39 Å². The first-order valence-corrected chi connectivity index (χ1v) is 10.2. The second kappa shape index (κ2) is 9.06. The van der Waals surface area contributed by atoms with E-state index in [1.807, 2.05) is 0 Å². The Balaban J connectivity index is 2.34. The van der Waals surface area contributed by atoms with Crippen LogP contribution >= 0.6 is 0 Å². The normalized spacial score (nSPS) is 11.6. The van der Waals surface area contributed by atoms with E-state index in [1.54, 1.807) is 18.3 Å². The summed E-state index contributed by atoms with van der Waals surface area (Å²) in [5.41, 5.74) is 1.30. The van der Waals surface area contributed by atoms with E-state index in [9.17, 15) is 12.8 Å². The van der Waals surface area contributed by atoms with Crippen molar-refractivity contribution in [1.29, 1.82) is 0 Å². The third-order valence-corrected chi connectivity index (χ3v) is 5.21. The smallest absolute Gasteiger partial charge is 0.238 e. The Hall–Kier alpha value is -1.79. The van der Waals surface area contributed by atoms with E-state index in [1.165, 1.54) is 37.6 Å². The maximum Gasteiger partial charge on any atom is 0.238 e. The lowest BCUT2D eigenvalue weighted by Gasteiger charge is -2.15. The Morgan fingerprint density at radius 3 is 2.44 bits per heavy atom. The highest BCUT2D eigenvalue weighted by atomic mass is 32.2. The lowest BCUT2D eigenvalue weighted by Crippen LogP contribution is -2.15. The number of hydrogen-bond acceptors (Lipinski definition) is 3. The molecule has 0 aliphatic carbocycles. The number of nitrogens with two attached hydrogens (primary N) is 1. The molecule has 1 heterocycles. The highest BCUT2D eigenvalue weighted by Gasteiger charge is 2.21. The first-order valence-electron chi connectivity index (χ1n) is 8.69. The van der Waals surface area contributed by atoms with Gasteiger partial charge in [-0.2, -0.15) is 0 Å². The molecule has 0 unspecified atom stereocenters. The van der Waals surface area contributed by atoms with Gasteiger partial charge in [-0.3, -0.25) is 4.98 Å². The predicted molar refractivity (Wildman–Crippen MR) is 98.1 cm³/mol. The zero-order valence-corrected chi connectivity index (χ0v) is 15.4. The van der Waals surface area contributed by atoms with E-state index < -0.39 is 15.8 Å². The highest BCUT2D eigenvalue weighted by molar-refractivity contribution is 7.89. The summed E-state index contributed by atoms with van der Waals surface area (Å²) in [4.78, 5) is 3.97. The molecule has 0 saturated heterocycles. The summed E-state index contributed by atoms with van der Waals surface area (Å²) in [6.45, 7) is 2.16. The molecule has 1 aromatic heterocycles. The Kier molecular flexibility index (Phi) is 7.08. The number of hydrogen-bond donors (Lipinski definition) is 1. The first-order chi connectivity index (χ1) is 11.9. The summed E-state index contributed by atoms with van der Waals surface area (Å²) in [6.07, 6.45) is 10.1. The van der Waals surface area contributed by atoms with E-state index in [0.717, 1.165) is 19.3 Å². The van der Waals surface area contributed by atoms with E-state index in [-0.39, 0.29) is 4.90 Å². The lowest BCUT2D eigenvalue weighted by molar-refractivity contribution is 0.578. The Bertz CT molecular complexity index is 793. The first kappa shape index (κ1) is 19.5. The zero-order chi connectivity index (χ0) is 18.3. The molecule has 25 heavy (non-hydrogen) atoms. The molecule has 2 aromatic rings. The number of sulfonamides is 1. The summed E-state index contributed by atoms with van der Waals surface area (Å²) in [6, 6.07) is 5.84. The Labute approximate surface area is 149 Å². The van der Waals surface area contributed by atoms with Crippen molar-refractivity contribution in [2.24, 2.45) is 5.14 Å². The van der Waals surface area contributed by atoms with Crippen LogP contribution in [0.1, 0.15) is 51.0 Å². The van der Waals surface area contributed by atoms with Crippen molar-refractivity contribution in [1.82, 2.24) is 4.98 Å². The van der Waals surface area contributed by atoms with Gasteiger partial charge in [0.1, 0.15) is 5.82 Å². The maximum absolute atomic E-state index is 14.5. The molecule has 0 fully saturated rings. The SMILES string of the molecule is CCCCCCCCc1c(F)ccc(S(N)(=O)=O)c1-c1cccnc1. The monoisotopic (exact) mass is 364 g/mol. The molecule has 0 spiro atoms. The van der Waals surface area contributed by atoms with Crippen molar-refractivity contribution in [2.45, 2.75) is 56.8 Å². The fourth-order valence-corrected chi connectivity index (χ4v) is 3.77. The Morgan fingerprint density at radius 1 is 1.08 bits per heavy atom. The summed E-state index contributed by atoms with van der Waals surface area (Å²) in [5, 5.41) is 5.35. The highest BCUT2D eigenvalue weighted by Crippen LogP contribution is 2.33. The quantitative estimate of drug-likeness (QED) is 0.669. The van der Waals surface area contributed by atoms with E-state index in [4.69, 9.17) is 5.14 Å². The molecule has 2 rings (SSSR count). The van der Waals surface area contributed by atoms with Gasteiger partial charge >= 0.3 is 0 Å². The molecule has 2 N–H and O–H groups in total. The standard InChI is InChI=1S/C19H25FN2O2S/c1-2-3-4-5-6-7-10-16-17(20)11-12-18(25(21,23)24)19(16)15-9-8-13-22-14-15/h8-9,11-14H,2-7,10H2,1H3,(H2,21,23,24). The van der Waals surface area contributed by atoms with Gasteiger partial charge in [-0.05, 0) is 36.6 Å². The summed E-state index contributed by atoms with van der Waals surface area (Å²) in [5.74, 6) is -0.403. The minimum Gasteiger partial charge on any atom is -0.264 e. The number of nitrogens with zero attached hydrogens (tertiary/aromatic N) is 1. The molecular formula is C19H25FN2O2S. The molecule has 4 nitrogen and oxygen atoms in total. The fraction of sp³-hybridized carbons (Fsp3) is 0.421. The van der Waals surface area contributed by atoms with Crippen molar-refractivity contribution in [2.75, 3.05) is 0 Å². The number of benzene rings is 1. The second-order valence-electron chi connectivity index (χ2n) is 6.20. The average Bonchev–Trinajstić information content (AvgIpc) is 2.58. The van der Waals surface area contributed by atoms with Gasteiger partial charge in [-0.1, -0.05) is 45.1 Å². The predicted octanol–water partition coefficient (Wildman–Crippen LogP) is 4.44. The largest absolute Gasteiger partial charge is 0.264 e. The van der Waals surface area contributed by atoms with Gasteiger partial charge < -0.3 is 0 Å². The minimum atomic E-state index is -3.96. The average molecular weight is 364 g/mol. The Morgan fingerprint density at radius 2 is 1.80 bits per heavy atom. The molecule has 0 atom stereocenters. The third-order valence-electron chi connectivity index (χ3n) is 4.25. The van der Waals surface area contributed by atoms with Gasteiger partial charge in [-0.25, -0.2) is 17.9 Å². The van der Waals surface area contributed by atoms with Crippen LogP contribution in [0.2, 0.25) is 0 Å². The van der Waals surface area contributed by atoms with E-state index >= 15 is 0 Å². The van der Waals surface area contributed by atoms with Gasteiger partial charge in [0.25, 0.3) is 0 Å². The summed E-state index contributed by atoms with van der Waals surface area (Å²) >= 11 is 0. The number of rotatable bonds is 9. The van der Waals surface area contributed by atoms with E-state index in [0.29, 0.717) is 23.1 Å². The van der Waals surface area contributed by atoms with Crippen LogP contribution < -0.4 is 5.14 Å². The number of primary sulfonamides is 1. The van der Waals surface area contributed by atoms with Crippen LogP contribution in [0.5, 0.6) is 0 Å². The van der Waals surface area contributed by atoms with Crippen LogP contribution in [0.15, 0.2) is 41.6 Å². The van der Waals surface area contributed by atoms with Crippen molar-refractivity contribution in [3.05, 3.63) is 48.0 Å². The summed E-state index contributed by atoms with van der Waals surface area (Å²) in [7, 11) is -3.96. The zero-order valence-electron chi connectivity index (χ0n) is 14.5. The van der Waals surface area contributed by atoms with Crippen molar-refractivity contribution >= 4 is 10.0 Å². The van der Waals surface area contributed by atoms with Crippen LogP contribution in [-0.2, 0) is 16.4 Å². The molecule has 0 saturated carbocycles. The molecular weight excluding hydrogens is 339 g/mol. The third kappa shape index (κ3) is 5.34. The van der Waals surface area contributed by atoms with Gasteiger partial charge in [0.05, 0.1) is 4.90 Å². The minimum absolute atomic E-state index is 0.0529. The molecule has 1 aromatic carbocycles. The number of pyridine rings is 1. The molecule has 0 bridgehead atoms. The number of halogens is 1. The molecule has 0 amide bonds. The number of aromatic nitrogens is 1. The van der Waals surface area contributed by atoms with Gasteiger partial charge in [0, 0.05) is 23.5 Å². The van der Waals surface area contributed by atoms with Gasteiger partial charge in [0.15, 0.2) is 0 Å². The lowest BCUT2D eigenvalue weighted by atomic mass is 9.95. The van der Waals surface area contributed by atoms with Crippen molar-refractivity contribution in [3.8, 4) is 11.1 Å². The number of unbranched alkanes of at least 4 members (excludes halogenated alkanes) is 5. The van der Waals surface area contributed by atoms with Crippen LogP contribution in [0, 0.1) is 5.82 Å². The molecule has 136 valence electrons. The van der Waals surface area contributed by atoms with Crippen LogP contribution in [0.3, 0.4) is 0 Å². The fourth-order valence-electron chi connectivity index (χ4n) is 2.99. The van der Waals surface area contributed by atoms with Crippen LogP contribution in [0.25, 0.3) is 11.1 Å².